The van der Waals surface area contributed by atoms with Gasteiger partial charge in [0.25, 0.3) is 11.8 Å². The Morgan fingerprint density at radius 3 is 2.34 bits per heavy atom. The third kappa shape index (κ3) is 3.94. The number of rotatable bonds is 3. The lowest BCUT2D eigenvalue weighted by atomic mass is 10.0. The molecule has 0 aliphatic carbocycles. The normalized spacial score (nSPS) is 15.6. The third-order valence-electron chi connectivity index (χ3n) is 4.40. The van der Waals surface area contributed by atoms with Crippen molar-refractivity contribution in [2.24, 2.45) is 0 Å². The lowest BCUT2D eigenvalue weighted by Crippen LogP contribution is -2.54. The van der Waals surface area contributed by atoms with Crippen LogP contribution in [0.2, 0.25) is 5.02 Å². The van der Waals surface area contributed by atoms with Crippen LogP contribution in [0.15, 0.2) is 78.6 Å². The number of carbonyl (C=O) groups excluding carboxylic acids is 2. The number of benzene rings is 2. The quantitative estimate of drug-likeness (QED) is 0.392. The molecule has 0 spiro atoms. The standard InChI is InChI=1S/C22H14ClN3O2S/c23-17-7-9-18(10-8-17)26-21(28)19(20(27)25-22(26)29)12-14-3-5-15(6-4-14)16-2-1-11-24-13-16/h1-13H,(H,25,27,29). The molecule has 2 heterocycles. The smallest absolute Gasteiger partial charge is 0.270 e. The summed E-state index contributed by atoms with van der Waals surface area (Å²) in [6, 6.07) is 18.0. The summed E-state index contributed by atoms with van der Waals surface area (Å²) < 4.78 is 0. The van der Waals surface area contributed by atoms with Gasteiger partial charge in [-0.15, -0.1) is 0 Å². The van der Waals surface area contributed by atoms with E-state index >= 15 is 0 Å². The van der Waals surface area contributed by atoms with Gasteiger partial charge in [-0.2, -0.15) is 0 Å². The van der Waals surface area contributed by atoms with Crippen LogP contribution in [-0.4, -0.2) is 21.9 Å². The number of thiocarbonyl (C=S) groups is 1. The Kier molecular flexibility index (Phi) is 5.20. The molecular formula is C22H14ClN3O2S. The molecule has 1 saturated heterocycles. The molecule has 1 fully saturated rings. The maximum Gasteiger partial charge on any atom is 0.270 e. The van der Waals surface area contributed by atoms with Crippen LogP contribution >= 0.6 is 23.8 Å². The number of nitrogens with zero attached hydrogens (tertiary/aromatic N) is 2. The molecule has 1 aromatic heterocycles. The van der Waals surface area contributed by atoms with Gasteiger partial charge in [-0.25, -0.2) is 0 Å². The average molecular weight is 420 g/mol. The van der Waals surface area contributed by atoms with Crippen molar-refractivity contribution in [3.63, 3.8) is 0 Å². The number of anilines is 1. The number of hydrogen-bond acceptors (Lipinski definition) is 4. The molecule has 4 rings (SSSR count). The zero-order valence-corrected chi connectivity index (χ0v) is 16.6. The first-order valence-corrected chi connectivity index (χ1v) is 9.49. The van der Waals surface area contributed by atoms with Crippen LogP contribution in [0, 0.1) is 0 Å². The van der Waals surface area contributed by atoms with Gasteiger partial charge >= 0.3 is 0 Å². The molecule has 3 aromatic rings. The van der Waals surface area contributed by atoms with E-state index in [1.165, 1.54) is 4.90 Å². The predicted octanol–water partition coefficient (Wildman–Crippen LogP) is 4.23. The van der Waals surface area contributed by atoms with Gasteiger partial charge in [0.15, 0.2) is 5.11 Å². The maximum atomic E-state index is 13.0. The lowest BCUT2D eigenvalue weighted by Gasteiger charge is -2.28. The fourth-order valence-electron chi connectivity index (χ4n) is 2.95. The molecule has 2 amide bonds. The Morgan fingerprint density at radius 2 is 1.69 bits per heavy atom. The zero-order valence-electron chi connectivity index (χ0n) is 15.0. The summed E-state index contributed by atoms with van der Waals surface area (Å²) in [7, 11) is 0. The van der Waals surface area contributed by atoms with Crippen molar-refractivity contribution in [2.75, 3.05) is 4.90 Å². The number of hydrogen-bond donors (Lipinski definition) is 1. The van der Waals surface area contributed by atoms with Gasteiger partial charge in [0.05, 0.1) is 5.69 Å². The highest BCUT2D eigenvalue weighted by atomic mass is 35.5. The summed E-state index contributed by atoms with van der Waals surface area (Å²) in [5.74, 6) is -1.01. The van der Waals surface area contributed by atoms with Crippen molar-refractivity contribution in [2.45, 2.75) is 0 Å². The first-order chi connectivity index (χ1) is 14.0. The van der Waals surface area contributed by atoms with Crippen molar-refractivity contribution in [1.29, 1.82) is 0 Å². The first-order valence-electron chi connectivity index (χ1n) is 8.70. The van der Waals surface area contributed by atoms with E-state index in [2.05, 4.69) is 10.3 Å². The lowest BCUT2D eigenvalue weighted by molar-refractivity contribution is -0.122. The van der Waals surface area contributed by atoms with Crippen LogP contribution in [0.5, 0.6) is 0 Å². The molecule has 29 heavy (non-hydrogen) atoms. The van der Waals surface area contributed by atoms with Gasteiger partial charge < -0.3 is 0 Å². The van der Waals surface area contributed by atoms with Crippen LogP contribution in [0.4, 0.5) is 5.69 Å². The molecule has 0 atom stereocenters. The third-order valence-corrected chi connectivity index (χ3v) is 4.94. The number of carbonyl (C=O) groups is 2. The number of aromatic nitrogens is 1. The van der Waals surface area contributed by atoms with E-state index in [0.717, 1.165) is 16.7 Å². The van der Waals surface area contributed by atoms with Crippen molar-refractivity contribution >= 4 is 52.5 Å². The summed E-state index contributed by atoms with van der Waals surface area (Å²) in [6.45, 7) is 0. The Bertz CT molecular complexity index is 1130. The monoisotopic (exact) mass is 419 g/mol. The highest BCUT2D eigenvalue weighted by Gasteiger charge is 2.34. The fourth-order valence-corrected chi connectivity index (χ4v) is 3.36. The highest BCUT2D eigenvalue weighted by molar-refractivity contribution is 7.80. The Labute approximate surface area is 177 Å². The van der Waals surface area contributed by atoms with Crippen LogP contribution in [-0.2, 0) is 9.59 Å². The Hall–Kier alpha value is -3.35. The average Bonchev–Trinajstić information content (AvgIpc) is 2.73. The second kappa shape index (κ2) is 7.95. The minimum absolute atomic E-state index is 0.00248. The summed E-state index contributed by atoms with van der Waals surface area (Å²) in [5, 5.41) is 3.14. The van der Waals surface area contributed by atoms with E-state index in [1.54, 1.807) is 42.7 Å². The van der Waals surface area contributed by atoms with E-state index in [-0.39, 0.29) is 10.7 Å². The van der Waals surface area contributed by atoms with Gasteiger partial charge in [-0.1, -0.05) is 41.9 Å². The summed E-state index contributed by atoms with van der Waals surface area (Å²) in [4.78, 5) is 30.8. The topological polar surface area (TPSA) is 62.3 Å². The van der Waals surface area contributed by atoms with E-state index in [1.807, 2.05) is 36.4 Å². The number of nitrogens with one attached hydrogen (secondary N) is 1. The molecule has 0 bridgehead atoms. The molecule has 5 nitrogen and oxygen atoms in total. The molecule has 1 aliphatic heterocycles. The number of amides is 2. The molecule has 2 aromatic carbocycles. The molecule has 0 unspecified atom stereocenters. The molecule has 1 N–H and O–H groups in total. The SMILES string of the molecule is O=C1NC(=S)N(c2ccc(Cl)cc2)C(=O)C1=Cc1ccc(-c2cccnc2)cc1. The highest BCUT2D eigenvalue weighted by Crippen LogP contribution is 2.24. The Balaban J connectivity index is 1.65. The molecule has 142 valence electrons. The van der Waals surface area contributed by atoms with Crippen LogP contribution < -0.4 is 10.2 Å². The van der Waals surface area contributed by atoms with Crippen molar-refractivity contribution < 1.29 is 9.59 Å². The van der Waals surface area contributed by atoms with Crippen molar-refractivity contribution in [1.82, 2.24) is 10.3 Å². The van der Waals surface area contributed by atoms with E-state index in [0.29, 0.717) is 10.7 Å². The Morgan fingerprint density at radius 1 is 0.966 bits per heavy atom. The predicted molar refractivity (Wildman–Crippen MR) is 117 cm³/mol. The minimum atomic E-state index is -0.526. The second-order valence-corrected chi connectivity index (χ2v) is 7.12. The largest absolute Gasteiger partial charge is 0.298 e. The number of pyridine rings is 1. The minimum Gasteiger partial charge on any atom is -0.298 e. The van der Waals surface area contributed by atoms with E-state index < -0.39 is 11.8 Å². The first kappa shape index (κ1) is 19.0. The summed E-state index contributed by atoms with van der Waals surface area (Å²) >= 11 is 11.1. The molecule has 0 saturated carbocycles. The summed E-state index contributed by atoms with van der Waals surface area (Å²) in [5.41, 5.74) is 3.23. The van der Waals surface area contributed by atoms with Crippen LogP contribution in [0.25, 0.3) is 17.2 Å². The number of halogens is 1. The van der Waals surface area contributed by atoms with Gasteiger partial charge in [-0.3, -0.25) is 24.8 Å². The van der Waals surface area contributed by atoms with Gasteiger partial charge in [0, 0.05) is 17.4 Å². The maximum absolute atomic E-state index is 13.0. The second-order valence-electron chi connectivity index (χ2n) is 6.30. The van der Waals surface area contributed by atoms with Crippen molar-refractivity contribution in [3.05, 3.63) is 89.2 Å². The zero-order chi connectivity index (χ0) is 20.4. The van der Waals surface area contributed by atoms with Crippen molar-refractivity contribution in [3.8, 4) is 11.1 Å². The van der Waals surface area contributed by atoms with E-state index in [4.69, 9.17) is 23.8 Å². The van der Waals surface area contributed by atoms with Crippen LogP contribution in [0.3, 0.4) is 0 Å². The molecular weight excluding hydrogens is 406 g/mol. The molecule has 1 aliphatic rings. The van der Waals surface area contributed by atoms with Crippen LogP contribution in [0.1, 0.15) is 5.56 Å². The van der Waals surface area contributed by atoms with Gasteiger partial charge in [0.2, 0.25) is 0 Å². The van der Waals surface area contributed by atoms with E-state index in [9.17, 15) is 9.59 Å². The molecule has 7 heteroatoms. The fraction of sp³-hybridized carbons (Fsp3) is 0. The van der Waals surface area contributed by atoms with Gasteiger partial charge in [-0.05, 0) is 65.3 Å². The molecule has 0 radical (unpaired) electrons. The van der Waals surface area contributed by atoms with Gasteiger partial charge in [0.1, 0.15) is 5.57 Å². The summed E-state index contributed by atoms with van der Waals surface area (Å²) in [6.07, 6.45) is 5.04.